The summed E-state index contributed by atoms with van der Waals surface area (Å²) < 4.78 is 28.1. The van der Waals surface area contributed by atoms with Crippen LogP contribution in [-0.2, 0) is 32.0 Å². The van der Waals surface area contributed by atoms with Crippen molar-refractivity contribution in [2.75, 3.05) is 53.9 Å². The number of aryl methyl sites for hydroxylation is 2. The number of hydrogen-bond donors (Lipinski definition) is 2. The molecule has 1 atom stereocenters. The Kier molecular flexibility index (Phi) is 13.6. The maximum atomic E-state index is 14.7. The summed E-state index contributed by atoms with van der Waals surface area (Å²) in [6, 6.07) is 19.6. The molecule has 2 amide bonds. The van der Waals surface area contributed by atoms with Crippen molar-refractivity contribution in [3.63, 3.8) is 0 Å². The van der Waals surface area contributed by atoms with E-state index in [0.717, 1.165) is 57.7 Å². The van der Waals surface area contributed by atoms with Crippen molar-refractivity contribution in [3.8, 4) is 11.5 Å². The van der Waals surface area contributed by atoms with Gasteiger partial charge in [-0.3, -0.25) is 4.79 Å². The molecule has 1 fully saturated rings. The highest BCUT2D eigenvalue weighted by Crippen LogP contribution is 2.36. The van der Waals surface area contributed by atoms with E-state index in [1.54, 1.807) is 7.11 Å². The lowest BCUT2D eigenvalue weighted by atomic mass is 9.88. The summed E-state index contributed by atoms with van der Waals surface area (Å²) in [6.07, 6.45) is 2.61. The van der Waals surface area contributed by atoms with E-state index in [4.69, 9.17) is 35.3 Å². The molecule has 1 unspecified atom stereocenters. The van der Waals surface area contributed by atoms with Gasteiger partial charge in [-0.15, -0.1) is 0 Å². The first-order chi connectivity index (χ1) is 24.3. The Labute approximate surface area is 300 Å². The number of para-hydroxylation sites is 1. The average molecular weight is 706 g/mol. The average Bonchev–Trinajstić information content (AvgIpc) is 3.97. The third-order valence-electron chi connectivity index (χ3n) is 8.89. The lowest BCUT2D eigenvalue weighted by Crippen LogP contribution is -2.47. The van der Waals surface area contributed by atoms with Crippen LogP contribution in [0.3, 0.4) is 0 Å². The fraction of sp³-hybridized carbons (Fsp3) is 0.436. The second kappa shape index (κ2) is 18.2. The molecule has 11 heteroatoms. The molecule has 0 saturated heterocycles. The van der Waals surface area contributed by atoms with E-state index >= 15 is 0 Å². The molecule has 268 valence electrons. The number of carbonyl (C=O) groups is 2. The van der Waals surface area contributed by atoms with Gasteiger partial charge in [-0.25, -0.2) is 4.79 Å². The maximum Gasteiger partial charge on any atom is 0.406 e. The van der Waals surface area contributed by atoms with Crippen molar-refractivity contribution in [2.24, 2.45) is 0 Å². The predicted molar refractivity (Wildman–Crippen MR) is 194 cm³/mol. The van der Waals surface area contributed by atoms with E-state index in [1.807, 2.05) is 79.4 Å². The molecule has 2 N–H and O–H groups in total. The van der Waals surface area contributed by atoms with Crippen LogP contribution in [0.15, 0.2) is 66.2 Å². The second-order valence-corrected chi connectivity index (χ2v) is 13.0. The molecule has 1 aliphatic heterocycles. The highest BCUT2D eigenvalue weighted by atomic mass is 35.5. The first kappa shape index (κ1) is 37.2. The number of ether oxygens (including phenoxy) is 5. The molecule has 3 aromatic carbocycles. The molecular weight excluding hydrogens is 658 g/mol. The zero-order valence-electron chi connectivity index (χ0n) is 29.4. The zero-order chi connectivity index (χ0) is 35.5. The predicted octanol–water partition coefficient (Wildman–Crippen LogP) is 6.24. The molecule has 0 spiro atoms. The van der Waals surface area contributed by atoms with Crippen LogP contribution in [0.25, 0.3) is 5.57 Å². The van der Waals surface area contributed by atoms with E-state index in [0.29, 0.717) is 56.3 Å². The zero-order valence-corrected chi connectivity index (χ0v) is 30.1. The van der Waals surface area contributed by atoms with Crippen LogP contribution in [0.2, 0.25) is 5.02 Å². The molecule has 3 aromatic rings. The minimum absolute atomic E-state index is 0.0332. The minimum atomic E-state index is -0.473. The summed E-state index contributed by atoms with van der Waals surface area (Å²) in [5, 5.41) is 6.56. The van der Waals surface area contributed by atoms with E-state index < -0.39 is 6.09 Å². The smallest absolute Gasteiger partial charge is 0.406 e. The molecular formula is C39H48ClN3O7. The van der Waals surface area contributed by atoms with Gasteiger partial charge in [-0.05, 0) is 91.2 Å². The van der Waals surface area contributed by atoms with Crippen LogP contribution in [0.4, 0.5) is 4.79 Å². The summed E-state index contributed by atoms with van der Waals surface area (Å²) in [4.78, 5) is 28.2. The Morgan fingerprint density at radius 1 is 0.980 bits per heavy atom. The molecule has 0 aromatic heterocycles. The van der Waals surface area contributed by atoms with Crippen LogP contribution in [-0.4, -0.2) is 82.9 Å². The van der Waals surface area contributed by atoms with Gasteiger partial charge in [0, 0.05) is 43.8 Å². The van der Waals surface area contributed by atoms with Gasteiger partial charge in [-0.1, -0.05) is 54.1 Å². The van der Waals surface area contributed by atoms with Crippen molar-refractivity contribution in [2.45, 2.75) is 58.2 Å². The Morgan fingerprint density at radius 3 is 2.42 bits per heavy atom. The van der Waals surface area contributed by atoms with Crippen molar-refractivity contribution in [1.82, 2.24) is 15.5 Å². The Balaban J connectivity index is 1.34. The first-order valence-corrected chi connectivity index (χ1v) is 17.5. The molecule has 1 heterocycles. The van der Waals surface area contributed by atoms with Crippen LogP contribution in [0.5, 0.6) is 11.5 Å². The van der Waals surface area contributed by atoms with Gasteiger partial charge in [0.2, 0.25) is 0 Å². The summed E-state index contributed by atoms with van der Waals surface area (Å²) in [5.74, 6) is 1.60. The largest absolute Gasteiger partial charge is 0.490 e. The quantitative estimate of drug-likeness (QED) is 0.126. The van der Waals surface area contributed by atoms with Gasteiger partial charge < -0.3 is 39.2 Å². The summed E-state index contributed by atoms with van der Waals surface area (Å²) in [7, 11) is 3.11. The van der Waals surface area contributed by atoms with Gasteiger partial charge in [0.15, 0.2) is 0 Å². The SMILES string of the molecule is CNC(=O)OCCc1ccc(Cl)c(CN(C(=O)C2=C(c3ccc(OCCOc4c(C)cccc4C)cc3)CCNC2COCOC)C2CC2)c1. The monoisotopic (exact) mass is 705 g/mol. The van der Waals surface area contributed by atoms with Crippen molar-refractivity contribution in [1.29, 1.82) is 0 Å². The Morgan fingerprint density at radius 2 is 1.72 bits per heavy atom. The lowest BCUT2D eigenvalue weighted by Gasteiger charge is -2.33. The number of halogens is 1. The van der Waals surface area contributed by atoms with Crippen LogP contribution < -0.4 is 20.1 Å². The molecule has 5 rings (SSSR count). The van der Waals surface area contributed by atoms with Crippen molar-refractivity contribution in [3.05, 3.63) is 99.1 Å². The van der Waals surface area contributed by atoms with Gasteiger partial charge in [-0.2, -0.15) is 0 Å². The summed E-state index contributed by atoms with van der Waals surface area (Å²) >= 11 is 6.69. The Bertz CT molecular complexity index is 1620. The standard InChI is InChI=1S/C39H48ClN3O7/c1-26-6-5-7-27(2)37(26)49-21-20-48-32-13-9-29(10-14-32)33-16-18-42-35(24-47-25-46-4)36(33)38(44)43(31-11-12-31)23-30-22-28(8-15-34(30)40)17-19-50-39(45)41-3/h5-10,13-15,22,31,35,42H,11-12,16-21,23-25H2,1-4H3,(H,41,45). The topological polar surface area (TPSA) is 108 Å². The van der Waals surface area contributed by atoms with E-state index in [-0.39, 0.29) is 31.4 Å². The number of nitrogens with zero attached hydrogens (tertiary/aromatic N) is 1. The van der Waals surface area contributed by atoms with Gasteiger partial charge in [0.1, 0.15) is 31.5 Å². The van der Waals surface area contributed by atoms with Gasteiger partial charge in [0.25, 0.3) is 5.91 Å². The molecule has 0 bridgehead atoms. The summed E-state index contributed by atoms with van der Waals surface area (Å²) in [5.41, 5.74) is 6.68. The third-order valence-corrected chi connectivity index (χ3v) is 9.26. The number of alkyl carbamates (subject to hydrolysis) is 1. The maximum absolute atomic E-state index is 14.7. The van der Waals surface area contributed by atoms with Crippen LogP contribution in [0, 0.1) is 13.8 Å². The number of hydrogen-bond acceptors (Lipinski definition) is 8. The molecule has 50 heavy (non-hydrogen) atoms. The second-order valence-electron chi connectivity index (χ2n) is 12.6. The van der Waals surface area contributed by atoms with Crippen LogP contribution in [0.1, 0.15) is 47.1 Å². The summed E-state index contributed by atoms with van der Waals surface area (Å²) in [6.45, 7) is 6.65. The molecule has 10 nitrogen and oxygen atoms in total. The van der Waals surface area contributed by atoms with Crippen molar-refractivity contribution >= 4 is 29.2 Å². The van der Waals surface area contributed by atoms with Crippen molar-refractivity contribution < 1.29 is 33.3 Å². The molecule has 1 saturated carbocycles. The minimum Gasteiger partial charge on any atom is -0.490 e. The van der Waals surface area contributed by atoms with Gasteiger partial charge in [0.05, 0.1) is 19.3 Å². The van der Waals surface area contributed by atoms with Gasteiger partial charge >= 0.3 is 6.09 Å². The van der Waals surface area contributed by atoms with Crippen LogP contribution >= 0.6 is 11.6 Å². The molecule has 1 aliphatic carbocycles. The number of benzene rings is 3. The first-order valence-electron chi connectivity index (χ1n) is 17.2. The fourth-order valence-electron chi connectivity index (χ4n) is 6.20. The fourth-order valence-corrected chi connectivity index (χ4v) is 6.38. The number of carbonyl (C=O) groups excluding carboxylic acids is 2. The number of rotatable bonds is 17. The lowest BCUT2D eigenvalue weighted by molar-refractivity contribution is -0.129. The highest BCUT2D eigenvalue weighted by Gasteiger charge is 2.38. The molecule has 2 aliphatic rings. The van der Waals surface area contributed by atoms with E-state index in [2.05, 4.69) is 10.6 Å². The van der Waals surface area contributed by atoms with E-state index in [9.17, 15) is 9.59 Å². The van der Waals surface area contributed by atoms with E-state index in [1.165, 1.54) is 7.05 Å². The highest BCUT2D eigenvalue weighted by molar-refractivity contribution is 6.31. The number of nitrogens with one attached hydrogen (secondary N) is 2. The number of amides is 2. The Hall–Kier alpha value is -4.09. The normalized spacial score (nSPS) is 15.8. The molecule has 0 radical (unpaired) electrons. The third kappa shape index (κ3) is 10.0. The number of methoxy groups -OCH3 is 1.